The Bertz CT molecular complexity index is 893. The van der Waals surface area contributed by atoms with Crippen molar-refractivity contribution in [3.63, 3.8) is 0 Å². The number of tetrazole rings is 1. The first-order valence-electron chi connectivity index (χ1n) is 8.12. The Morgan fingerprint density at radius 2 is 2.15 bits per heavy atom. The predicted molar refractivity (Wildman–Crippen MR) is 89.4 cm³/mol. The van der Waals surface area contributed by atoms with Gasteiger partial charge in [0.25, 0.3) is 0 Å². The molecule has 0 aliphatic carbocycles. The van der Waals surface area contributed by atoms with Gasteiger partial charge < -0.3 is 4.74 Å². The Hall–Kier alpha value is -2.22. The normalized spacial score (nSPS) is 21.9. The van der Waals surface area contributed by atoms with Gasteiger partial charge in [0.1, 0.15) is 0 Å². The molecular formula is C16H16ClF3N6O. The first-order valence-corrected chi connectivity index (χ1v) is 8.12. The summed E-state index contributed by atoms with van der Waals surface area (Å²) in [6, 6.07) is 4.50. The van der Waals surface area contributed by atoms with Gasteiger partial charge in [-0.25, -0.2) is 0 Å². The van der Waals surface area contributed by atoms with Crippen molar-refractivity contribution in [2.45, 2.75) is 38.2 Å². The lowest BCUT2D eigenvalue weighted by Gasteiger charge is -2.26. The van der Waals surface area contributed by atoms with E-state index in [-0.39, 0.29) is 35.8 Å². The van der Waals surface area contributed by atoms with Crippen LogP contribution in [0.1, 0.15) is 28.9 Å². The van der Waals surface area contributed by atoms with Crippen LogP contribution in [0, 0.1) is 18.3 Å². The van der Waals surface area contributed by atoms with E-state index in [1.807, 2.05) is 0 Å². The smallest absolute Gasteiger partial charge is 0.375 e. The molecule has 2 fully saturated rings. The van der Waals surface area contributed by atoms with Gasteiger partial charge >= 0.3 is 6.18 Å². The summed E-state index contributed by atoms with van der Waals surface area (Å²) in [7, 11) is 0. The predicted octanol–water partition coefficient (Wildman–Crippen LogP) is 2.26. The third-order valence-electron chi connectivity index (χ3n) is 4.96. The molecule has 3 heterocycles. The number of morpholine rings is 1. The molecule has 1 aromatic carbocycles. The van der Waals surface area contributed by atoms with Gasteiger partial charge in [-0.15, -0.1) is 17.5 Å². The van der Waals surface area contributed by atoms with Crippen molar-refractivity contribution in [1.82, 2.24) is 25.1 Å². The monoisotopic (exact) mass is 400 g/mol. The largest absolute Gasteiger partial charge is 0.418 e. The summed E-state index contributed by atoms with van der Waals surface area (Å²) in [5.41, 5.74) is -1.22. The molecule has 2 aliphatic heterocycles. The molecule has 0 N–H and O–H groups in total. The second kappa shape index (κ2) is 7.07. The number of likely N-dealkylation sites (tertiary alicyclic amines) is 1. The van der Waals surface area contributed by atoms with E-state index in [0.29, 0.717) is 19.0 Å². The summed E-state index contributed by atoms with van der Waals surface area (Å²) < 4.78 is 47.1. The number of nitriles is 1. The van der Waals surface area contributed by atoms with E-state index in [2.05, 4.69) is 20.4 Å². The van der Waals surface area contributed by atoms with E-state index >= 15 is 0 Å². The zero-order valence-electron chi connectivity index (χ0n) is 14.3. The zero-order chi connectivity index (χ0) is 18.5. The molecule has 11 heteroatoms. The third-order valence-corrected chi connectivity index (χ3v) is 4.96. The lowest BCUT2D eigenvalue weighted by Crippen LogP contribution is -2.37. The van der Waals surface area contributed by atoms with Crippen molar-refractivity contribution in [1.29, 1.82) is 5.26 Å². The highest BCUT2D eigenvalue weighted by Crippen LogP contribution is 2.37. The molecule has 0 spiro atoms. The zero-order valence-corrected chi connectivity index (χ0v) is 15.1. The second-order valence-electron chi connectivity index (χ2n) is 6.52. The van der Waals surface area contributed by atoms with Crippen molar-refractivity contribution < 1.29 is 17.9 Å². The van der Waals surface area contributed by atoms with Crippen LogP contribution < -0.4 is 0 Å². The van der Waals surface area contributed by atoms with Gasteiger partial charge in [0.05, 0.1) is 42.1 Å². The number of nitrogens with zero attached hydrogens (tertiary/aromatic N) is 6. The van der Waals surface area contributed by atoms with Crippen LogP contribution in [0.3, 0.4) is 0 Å². The third kappa shape index (κ3) is 3.38. The minimum absolute atomic E-state index is 0. The number of benzene rings is 1. The summed E-state index contributed by atoms with van der Waals surface area (Å²) in [4.78, 5) is 2.18. The molecule has 7 nitrogen and oxygen atoms in total. The van der Waals surface area contributed by atoms with E-state index in [1.54, 1.807) is 6.07 Å². The molecule has 2 atom stereocenters. The molecule has 2 aliphatic rings. The van der Waals surface area contributed by atoms with Crippen molar-refractivity contribution in [3.05, 3.63) is 34.6 Å². The van der Waals surface area contributed by atoms with Gasteiger partial charge in [0, 0.05) is 12.6 Å². The molecular weight excluding hydrogens is 385 g/mol. The van der Waals surface area contributed by atoms with E-state index < -0.39 is 17.3 Å². The van der Waals surface area contributed by atoms with Gasteiger partial charge in [-0.1, -0.05) is 0 Å². The number of hydrogen-bond acceptors (Lipinski definition) is 6. The first kappa shape index (κ1) is 19.5. The lowest BCUT2D eigenvalue weighted by molar-refractivity contribution is -0.138. The molecule has 27 heavy (non-hydrogen) atoms. The quantitative estimate of drug-likeness (QED) is 0.786. The SMILES string of the molecule is Cc1c(-n2nnnc2CN2C[C@@H]3C[C@H]2CO3)ccc(C#N)c1C(F)(F)F.Cl. The maximum Gasteiger partial charge on any atom is 0.418 e. The summed E-state index contributed by atoms with van der Waals surface area (Å²) in [5, 5.41) is 20.5. The van der Waals surface area contributed by atoms with Crippen molar-refractivity contribution in [3.8, 4) is 11.8 Å². The number of aromatic nitrogens is 4. The van der Waals surface area contributed by atoms with Crippen LogP contribution in [-0.2, 0) is 17.5 Å². The van der Waals surface area contributed by atoms with Gasteiger partial charge in [-0.3, -0.25) is 4.90 Å². The number of rotatable bonds is 3. The molecule has 0 radical (unpaired) electrons. The van der Waals surface area contributed by atoms with E-state index in [1.165, 1.54) is 17.7 Å². The number of fused-ring (bicyclic) bond motifs is 2. The molecule has 1 aromatic heterocycles. The highest BCUT2D eigenvalue weighted by Gasteiger charge is 2.40. The first-order chi connectivity index (χ1) is 12.4. The second-order valence-corrected chi connectivity index (χ2v) is 6.52. The Labute approximate surface area is 159 Å². The van der Waals surface area contributed by atoms with Crippen LogP contribution in [0.4, 0.5) is 13.2 Å². The summed E-state index contributed by atoms with van der Waals surface area (Å²) in [6.07, 6.45) is -3.47. The fourth-order valence-electron chi connectivity index (χ4n) is 3.73. The average Bonchev–Trinajstić information content (AvgIpc) is 3.30. The van der Waals surface area contributed by atoms with Crippen molar-refractivity contribution >= 4 is 12.4 Å². The summed E-state index contributed by atoms with van der Waals surface area (Å²) in [5.74, 6) is 0.457. The lowest BCUT2D eigenvalue weighted by atomic mass is 10.0. The molecule has 4 rings (SSSR count). The summed E-state index contributed by atoms with van der Waals surface area (Å²) in [6.45, 7) is 3.17. The molecule has 2 saturated heterocycles. The molecule has 2 bridgehead atoms. The van der Waals surface area contributed by atoms with Crippen LogP contribution in [0.15, 0.2) is 12.1 Å². The van der Waals surface area contributed by atoms with Crippen LogP contribution in [0.5, 0.6) is 0 Å². The van der Waals surface area contributed by atoms with Gasteiger partial charge in [-0.2, -0.15) is 23.1 Å². The highest BCUT2D eigenvalue weighted by atomic mass is 35.5. The highest BCUT2D eigenvalue weighted by molar-refractivity contribution is 5.85. The summed E-state index contributed by atoms with van der Waals surface area (Å²) >= 11 is 0. The molecule has 0 unspecified atom stereocenters. The van der Waals surface area contributed by atoms with E-state index in [0.717, 1.165) is 19.0 Å². The topological polar surface area (TPSA) is 79.9 Å². The Morgan fingerprint density at radius 3 is 2.74 bits per heavy atom. The van der Waals surface area contributed by atoms with Gasteiger partial charge in [0.15, 0.2) is 5.82 Å². The van der Waals surface area contributed by atoms with E-state index in [4.69, 9.17) is 10.00 Å². The Balaban J connectivity index is 0.00000210. The van der Waals surface area contributed by atoms with Crippen LogP contribution >= 0.6 is 12.4 Å². The number of ether oxygens (including phenoxy) is 1. The van der Waals surface area contributed by atoms with Crippen molar-refractivity contribution in [2.75, 3.05) is 13.2 Å². The van der Waals surface area contributed by atoms with E-state index in [9.17, 15) is 13.2 Å². The Kier molecular flexibility index (Phi) is 5.12. The fourth-order valence-corrected chi connectivity index (χ4v) is 3.73. The van der Waals surface area contributed by atoms with Gasteiger partial charge in [0.2, 0.25) is 0 Å². The van der Waals surface area contributed by atoms with Crippen LogP contribution in [0.25, 0.3) is 5.69 Å². The van der Waals surface area contributed by atoms with Crippen LogP contribution in [0.2, 0.25) is 0 Å². The number of halogens is 4. The maximum atomic E-state index is 13.4. The standard InChI is InChI=1S/C16H15F3N6O.ClH/c1-9-13(3-2-10(5-20)15(9)16(17,18)19)25-14(21-22-23-25)7-24-6-12-4-11(24)8-26-12;/h2-3,11-12H,4,6-8H2,1H3;1H/t11-,12-;/m0./s1. The fraction of sp³-hybridized carbons (Fsp3) is 0.500. The number of hydrogen-bond donors (Lipinski definition) is 0. The minimum Gasteiger partial charge on any atom is -0.375 e. The minimum atomic E-state index is -4.63. The van der Waals surface area contributed by atoms with Crippen LogP contribution in [-0.4, -0.2) is 50.4 Å². The molecule has 0 saturated carbocycles. The average molecular weight is 401 g/mol. The molecule has 2 aromatic rings. The number of alkyl halides is 3. The molecule has 0 amide bonds. The Morgan fingerprint density at radius 1 is 1.37 bits per heavy atom. The van der Waals surface area contributed by atoms with Gasteiger partial charge in [-0.05, 0) is 41.5 Å². The van der Waals surface area contributed by atoms with Crippen molar-refractivity contribution in [2.24, 2.45) is 0 Å². The molecule has 144 valence electrons. The maximum absolute atomic E-state index is 13.4.